The molecule has 7 nitrogen and oxygen atoms in total. The molecule has 2 aliphatic rings. The van der Waals surface area contributed by atoms with E-state index in [9.17, 15) is 14.4 Å². The number of imide groups is 1. The highest BCUT2D eigenvalue weighted by Crippen LogP contribution is 2.36. The third kappa shape index (κ3) is 4.07. The minimum Gasteiger partial charge on any atom is -0.323 e. The Morgan fingerprint density at radius 3 is 2.62 bits per heavy atom. The molecule has 5 rings (SSSR count). The number of aryl methyl sites for hydroxylation is 2. The lowest BCUT2D eigenvalue weighted by Gasteiger charge is -2.22. The highest BCUT2D eigenvalue weighted by atomic mass is 32.1. The first-order valence-electron chi connectivity index (χ1n) is 11.7. The lowest BCUT2D eigenvalue weighted by molar-refractivity contribution is -0.131. The van der Waals surface area contributed by atoms with Gasteiger partial charge in [-0.3, -0.25) is 19.4 Å². The van der Waals surface area contributed by atoms with Crippen LogP contribution in [0.5, 0.6) is 0 Å². The summed E-state index contributed by atoms with van der Waals surface area (Å²) in [5.41, 5.74) is 3.37. The van der Waals surface area contributed by atoms with E-state index in [1.54, 1.807) is 4.90 Å². The molecule has 1 aliphatic heterocycles. The lowest BCUT2D eigenvalue weighted by Crippen LogP contribution is -2.44. The maximum Gasteiger partial charge on any atom is 0.325 e. The van der Waals surface area contributed by atoms with Crippen LogP contribution < -0.4 is 10.2 Å². The van der Waals surface area contributed by atoms with Crippen molar-refractivity contribution < 1.29 is 14.4 Å². The van der Waals surface area contributed by atoms with E-state index in [4.69, 9.17) is 4.98 Å². The highest BCUT2D eigenvalue weighted by Gasteiger charge is 2.52. The van der Waals surface area contributed by atoms with Crippen LogP contribution in [0.15, 0.2) is 42.5 Å². The fourth-order valence-electron chi connectivity index (χ4n) is 5.05. The van der Waals surface area contributed by atoms with Gasteiger partial charge in [-0.2, -0.15) is 0 Å². The molecule has 3 aromatic rings. The number of nitrogens with zero attached hydrogens (tertiary/aromatic N) is 3. The van der Waals surface area contributed by atoms with Crippen LogP contribution >= 0.6 is 11.3 Å². The number of amides is 4. The first kappa shape index (κ1) is 22.5. The second-order valence-corrected chi connectivity index (χ2v) is 10.3. The van der Waals surface area contributed by atoms with Crippen molar-refractivity contribution in [1.82, 2.24) is 15.2 Å². The predicted molar refractivity (Wildman–Crippen MR) is 133 cm³/mol. The van der Waals surface area contributed by atoms with Gasteiger partial charge in [0.05, 0.1) is 16.8 Å². The monoisotopic (exact) mass is 476 g/mol. The summed E-state index contributed by atoms with van der Waals surface area (Å²) in [6.45, 7) is 4.53. The summed E-state index contributed by atoms with van der Waals surface area (Å²) in [6, 6.07) is 13.5. The van der Waals surface area contributed by atoms with Gasteiger partial charge in [0.1, 0.15) is 5.54 Å². The van der Waals surface area contributed by atoms with Gasteiger partial charge in [0, 0.05) is 13.0 Å². The first-order valence-corrected chi connectivity index (χ1v) is 12.5. The third-order valence-corrected chi connectivity index (χ3v) is 8.01. The predicted octanol–water partition coefficient (Wildman–Crippen LogP) is 4.70. The number of thiazole rings is 1. The van der Waals surface area contributed by atoms with Crippen LogP contribution in [-0.2, 0) is 16.1 Å². The molecule has 1 N–H and O–H groups in total. The van der Waals surface area contributed by atoms with Gasteiger partial charge >= 0.3 is 6.03 Å². The largest absolute Gasteiger partial charge is 0.325 e. The van der Waals surface area contributed by atoms with Crippen LogP contribution in [0.3, 0.4) is 0 Å². The molecule has 0 bridgehead atoms. The topological polar surface area (TPSA) is 82.6 Å². The maximum absolute atomic E-state index is 13.5. The van der Waals surface area contributed by atoms with Crippen LogP contribution in [0.1, 0.15) is 48.8 Å². The van der Waals surface area contributed by atoms with E-state index in [-0.39, 0.29) is 30.8 Å². The SMILES string of the molecule is Cc1cc(C)c2sc(N(Cc3ccccc3)C(=O)CCN3C(=O)NC4(CCCC4)C3=O)nc2c1. The average Bonchev–Trinajstić information content (AvgIpc) is 3.51. The van der Waals surface area contributed by atoms with Gasteiger partial charge in [-0.25, -0.2) is 9.78 Å². The molecule has 0 unspecified atom stereocenters. The lowest BCUT2D eigenvalue weighted by atomic mass is 9.98. The normalized spacial score (nSPS) is 17.1. The molecule has 4 amide bonds. The number of fused-ring (bicyclic) bond motifs is 1. The van der Waals surface area contributed by atoms with Gasteiger partial charge < -0.3 is 5.32 Å². The number of hydrogen-bond acceptors (Lipinski definition) is 5. The first-order chi connectivity index (χ1) is 16.4. The molecule has 1 saturated heterocycles. The van der Waals surface area contributed by atoms with Gasteiger partial charge in [-0.1, -0.05) is 60.6 Å². The number of aromatic nitrogens is 1. The van der Waals surface area contributed by atoms with Gasteiger partial charge in [0.25, 0.3) is 5.91 Å². The molecule has 176 valence electrons. The van der Waals surface area contributed by atoms with Crippen LogP contribution in [0, 0.1) is 13.8 Å². The number of carbonyl (C=O) groups excluding carboxylic acids is 3. The molecule has 2 fully saturated rings. The molecule has 2 heterocycles. The summed E-state index contributed by atoms with van der Waals surface area (Å²) in [4.78, 5) is 46.7. The van der Waals surface area contributed by atoms with Crippen molar-refractivity contribution >= 4 is 44.5 Å². The quantitative estimate of drug-likeness (QED) is 0.523. The molecule has 1 aliphatic carbocycles. The number of anilines is 1. The van der Waals surface area contributed by atoms with Crippen molar-refractivity contribution in [2.45, 2.75) is 58.0 Å². The van der Waals surface area contributed by atoms with Gasteiger partial charge in [-0.05, 0) is 49.4 Å². The Labute approximate surface area is 202 Å². The summed E-state index contributed by atoms with van der Waals surface area (Å²) >= 11 is 1.50. The molecule has 34 heavy (non-hydrogen) atoms. The Kier molecular flexibility index (Phi) is 5.85. The number of nitrogens with one attached hydrogen (secondary N) is 1. The molecule has 1 saturated carbocycles. The van der Waals surface area contributed by atoms with Crippen molar-refractivity contribution in [2.75, 3.05) is 11.4 Å². The number of rotatable bonds is 6. The summed E-state index contributed by atoms with van der Waals surface area (Å²) in [5.74, 6) is -0.353. The van der Waals surface area contributed by atoms with E-state index in [1.807, 2.05) is 43.3 Å². The molecule has 0 atom stereocenters. The van der Waals surface area contributed by atoms with Crippen molar-refractivity contribution in [3.63, 3.8) is 0 Å². The Morgan fingerprint density at radius 1 is 1.15 bits per heavy atom. The van der Waals surface area contributed by atoms with E-state index in [0.717, 1.165) is 39.7 Å². The zero-order chi connectivity index (χ0) is 23.9. The number of benzene rings is 2. The Bertz CT molecular complexity index is 1260. The fourth-order valence-corrected chi connectivity index (χ4v) is 6.08. The highest BCUT2D eigenvalue weighted by molar-refractivity contribution is 7.22. The summed E-state index contributed by atoms with van der Waals surface area (Å²) in [7, 11) is 0. The Hall–Kier alpha value is -3.26. The number of urea groups is 1. The second-order valence-electron chi connectivity index (χ2n) is 9.32. The summed E-state index contributed by atoms with van der Waals surface area (Å²) < 4.78 is 1.06. The molecule has 1 spiro atoms. The number of hydrogen-bond donors (Lipinski definition) is 1. The van der Waals surface area contributed by atoms with Crippen LogP contribution in [0.4, 0.5) is 9.93 Å². The Balaban J connectivity index is 1.39. The zero-order valence-corrected chi connectivity index (χ0v) is 20.3. The minimum absolute atomic E-state index is 0.0516. The van der Waals surface area contributed by atoms with Crippen molar-refractivity contribution in [3.05, 3.63) is 59.2 Å². The van der Waals surface area contributed by atoms with E-state index in [2.05, 4.69) is 18.3 Å². The second kappa shape index (κ2) is 8.83. The smallest absolute Gasteiger partial charge is 0.323 e. The maximum atomic E-state index is 13.5. The zero-order valence-electron chi connectivity index (χ0n) is 19.5. The molecule has 8 heteroatoms. The molecule has 1 aromatic heterocycles. The van der Waals surface area contributed by atoms with Crippen LogP contribution in [0.2, 0.25) is 0 Å². The van der Waals surface area contributed by atoms with Crippen LogP contribution in [0.25, 0.3) is 10.2 Å². The minimum atomic E-state index is -0.758. The number of carbonyl (C=O) groups is 3. The van der Waals surface area contributed by atoms with Crippen molar-refractivity contribution in [3.8, 4) is 0 Å². The van der Waals surface area contributed by atoms with Gasteiger partial charge in [0.2, 0.25) is 5.91 Å². The van der Waals surface area contributed by atoms with Crippen molar-refractivity contribution in [1.29, 1.82) is 0 Å². The fraction of sp³-hybridized carbons (Fsp3) is 0.385. The van der Waals surface area contributed by atoms with Crippen molar-refractivity contribution in [2.24, 2.45) is 0 Å². The standard InChI is InChI=1S/C26H28N4O3S/c1-17-14-18(2)22-20(15-17)27-25(34-22)30(16-19-8-4-3-5-9-19)21(31)10-13-29-23(32)26(28-24(29)33)11-6-7-12-26/h3-5,8-9,14-15H,6-7,10-13,16H2,1-2H3,(H,28,33). The summed E-state index contributed by atoms with van der Waals surface area (Å²) in [5, 5.41) is 3.51. The molecular weight excluding hydrogens is 448 g/mol. The van der Waals surface area contributed by atoms with Crippen LogP contribution in [-0.4, -0.2) is 39.8 Å². The van der Waals surface area contributed by atoms with E-state index >= 15 is 0 Å². The summed E-state index contributed by atoms with van der Waals surface area (Å²) in [6.07, 6.45) is 3.26. The van der Waals surface area contributed by atoms with Gasteiger partial charge in [-0.15, -0.1) is 0 Å². The average molecular weight is 477 g/mol. The Morgan fingerprint density at radius 2 is 1.88 bits per heavy atom. The van der Waals surface area contributed by atoms with E-state index < -0.39 is 5.54 Å². The van der Waals surface area contributed by atoms with E-state index in [0.29, 0.717) is 24.5 Å². The molecule has 0 radical (unpaired) electrons. The molecule has 2 aromatic carbocycles. The van der Waals surface area contributed by atoms with Gasteiger partial charge in [0.15, 0.2) is 5.13 Å². The molecular formula is C26H28N4O3S. The van der Waals surface area contributed by atoms with E-state index in [1.165, 1.54) is 16.2 Å². The third-order valence-electron chi connectivity index (χ3n) is 6.78.